The van der Waals surface area contributed by atoms with Gasteiger partial charge in [0.1, 0.15) is 0 Å². The van der Waals surface area contributed by atoms with Crippen molar-refractivity contribution in [3.8, 4) is 0 Å². The molecule has 0 aliphatic carbocycles. The second-order valence-electron chi connectivity index (χ2n) is 5.98. The van der Waals surface area contributed by atoms with Crippen molar-refractivity contribution in [2.45, 2.75) is 32.1 Å². The first-order valence-corrected chi connectivity index (χ1v) is 7.00. The van der Waals surface area contributed by atoms with Crippen LogP contribution in [0.4, 0.5) is 0 Å². The minimum Gasteiger partial charge on any atom is -0.481 e. The van der Waals surface area contributed by atoms with E-state index >= 15 is 0 Å². The van der Waals surface area contributed by atoms with Crippen LogP contribution in [0.1, 0.15) is 43.2 Å². The fourth-order valence-corrected chi connectivity index (χ4v) is 3.03. The van der Waals surface area contributed by atoms with E-state index in [1.54, 1.807) is 0 Å². The highest BCUT2D eigenvalue weighted by Gasteiger charge is 2.26. The number of nitrogens with zero attached hydrogens (tertiary/aromatic N) is 1. The van der Waals surface area contributed by atoms with E-state index in [0.717, 1.165) is 18.7 Å². The summed E-state index contributed by atoms with van der Waals surface area (Å²) in [5.74, 6) is -0.472. The van der Waals surface area contributed by atoms with Crippen LogP contribution in [0, 0.1) is 5.92 Å². The minimum atomic E-state index is -0.726. The Morgan fingerprint density at radius 3 is 2.68 bits per heavy atom. The summed E-state index contributed by atoms with van der Waals surface area (Å²) in [7, 11) is 2.14. The summed E-state index contributed by atoms with van der Waals surface area (Å²) >= 11 is 0. The zero-order valence-corrected chi connectivity index (χ0v) is 12.0. The van der Waals surface area contributed by atoms with Crippen LogP contribution >= 0.6 is 0 Å². The van der Waals surface area contributed by atoms with Gasteiger partial charge >= 0.3 is 5.97 Å². The van der Waals surface area contributed by atoms with E-state index in [0.29, 0.717) is 5.92 Å². The third-order valence-corrected chi connectivity index (χ3v) is 4.07. The molecule has 1 aromatic carbocycles. The molecule has 1 heterocycles. The van der Waals surface area contributed by atoms with Gasteiger partial charge in [-0.3, -0.25) is 4.79 Å². The summed E-state index contributed by atoms with van der Waals surface area (Å²) < 4.78 is 0. The van der Waals surface area contributed by atoms with Gasteiger partial charge in [-0.2, -0.15) is 0 Å². The number of carbonyl (C=O) groups is 1. The second kappa shape index (κ2) is 5.74. The molecule has 1 fully saturated rings. The third kappa shape index (κ3) is 3.16. The molecule has 3 nitrogen and oxygen atoms in total. The topological polar surface area (TPSA) is 40.5 Å². The fourth-order valence-electron chi connectivity index (χ4n) is 3.03. The first-order valence-electron chi connectivity index (χ1n) is 7.00. The second-order valence-corrected chi connectivity index (χ2v) is 5.98. The van der Waals surface area contributed by atoms with Gasteiger partial charge in [0.05, 0.1) is 5.92 Å². The SMILES string of the molecule is CC(C)C(C(=O)O)c1cccc(C2CCN(C)C2)c1. The summed E-state index contributed by atoms with van der Waals surface area (Å²) in [5, 5.41) is 9.39. The first-order chi connectivity index (χ1) is 8.99. The third-order valence-electron chi connectivity index (χ3n) is 4.07. The van der Waals surface area contributed by atoms with Crippen molar-refractivity contribution in [2.24, 2.45) is 5.92 Å². The Balaban J connectivity index is 2.25. The molecule has 2 unspecified atom stereocenters. The first kappa shape index (κ1) is 14.1. The number of carboxylic acid groups (broad SMARTS) is 1. The maximum absolute atomic E-state index is 11.4. The van der Waals surface area contributed by atoms with E-state index in [1.807, 2.05) is 26.0 Å². The highest BCUT2D eigenvalue weighted by atomic mass is 16.4. The van der Waals surface area contributed by atoms with Crippen LogP contribution in [-0.4, -0.2) is 36.1 Å². The Labute approximate surface area is 115 Å². The lowest BCUT2D eigenvalue weighted by Gasteiger charge is -2.19. The van der Waals surface area contributed by atoms with Gasteiger partial charge in [0.25, 0.3) is 0 Å². The van der Waals surface area contributed by atoms with Gasteiger partial charge in [0, 0.05) is 6.54 Å². The molecular weight excluding hydrogens is 238 g/mol. The molecule has 1 saturated heterocycles. The molecule has 0 saturated carbocycles. The largest absolute Gasteiger partial charge is 0.481 e. The highest BCUT2D eigenvalue weighted by molar-refractivity contribution is 5.76. The van der Waals surface area contributed by atoms with Crippen molar-refractivity contribution in [3.63, 3.8) is 0 Å². The zero-order chi connectivity index (χ0) is 14.0. The van der Waals surface area contributed by atoms with Gasteiger partial charge in [-0.05, 0) is 43.0 Å². The van der Waals surface area contributed by atoms with Gasteiger partial charge in [-0.25, -0.2) is 0 Å². The molecule has 0 amide bonds. The lowest BCUT2D eigenvalue weighted by Crippen LogP contribution is -2.18. The van der Waals surface area contributed by atoms with Crippen molar-refractivity contribution < 1.29 is 9.90 Å². The van der Waals surface area contributed by atoms with Gasteiger partial charge < -0.3 is 10.0 Å². The van der Waals surface area contributed by atoms with Crippen LogP contribution in [0.25, 0.3) is 0 Å². The van der Waals surface area contributed by atoms with Gasteiger partial charge in [-0.1, -0.05) is 38.1 Å². The number of carboxylic acids is 1. The van der Waals surface area contributed by atoms with E-state index in [9.17, 15) is 9.90 Å². The smallest absolute Gasteiger partial charge is 0.311 e. The number of benzene rings is 1. The molecule has 0 aromatic heterocycles. The maximum Gasteiger partial charge on any atom is 0.311 e. The highest BCUT2D eigenvalue weighted by Crippen LogP contribution is 2.31. The van der Waals surface area contributed by atoms with Crippen LogP contribution in [-0.2, 0) is 4.79 Å². The number of likely N-dealkylation sites (tertiary alicyclic amines) is 1. The summed E-state index contributed by atoms with van der Waals surface area (Å²) in [6.07, 6.45) is 1.17. The fraction of sp³-hybridized carbons (Fsp3) is 0.562. The number of aliphatic carboxylic acids is 1. The summed E-state index contributed by atoms with van der Waals surface area (Å²) in [6.45, 7) is 6.13. The van der Waals surface area contributed by atoms with Crippen LogP contribution in [0.15, 0.2) is 24.3 Å². The predicted octanol–water partition coefficient (Wildman–Crippen LogP) is 2.93. The molecule has 1 aromatic rings. The molecule has 104 valence electrons. The lowest BCUT2D eigenvalue weighted by molar-refractivity contribution is -0.139. The van der Waals surface area contributed by atoms with E-state index in [4.69, 9.17) is 0 Å². The average Bonchev–Trinajstić information content (AvgIpc) is 2.75. The summed E-state index contributed by atoms with van der Waals surface area (Å²) in [6, 6.07) is 8.18. The number of likely N-dealkylation sites (N-methyl/N-ethyl adjacent to an activating group) is 1. The van der Waals surface area contributed by atoms with Crippen molar-refractivity contribution in [2.75, 3.05) is 20.1 Å². The lowest BCUT2D eigenvalue weighted by atomic mass is 9.86. The Kier molecular flexibility index (Phi) is 4.25. The molecule has 0 bridgehead atoms. The van der Waals surface area contributed by atoms with Gasteiger partial charge in [0.15, 0.2) is 0 Å². The molecule has 1 aliphatic heterocycles. The molecule has 2 atom stereocenters. The molecule has 1 aliphatic rings. The Morgan fingerprint density at radius 1 is 1.42 bits per heavy atom. The van der Waals surface area contributed by atoms with E-state index in [-0.39, 0.29) is 5.92 Å². The number of hydrogen-bond acceptors (Lipinski definition) is 2. The Bertz CT molecular complexity index is 456. The normalized spacial score (nSPS) is 21.8. The van der Waals surface area contributed by atoms with E-state index in [2.05, 4.69) is 24.1 Å². The molecule has 3 heteroatoms. The number of rotatable bonds is 4. The van der Waals surface area contributed by atoms with Crippen molar-refractivity contribution in [1.82, 2.24) is 4.90 Å². The Morgan fingerprint density at radius 2 is 2.16 bits per heavy atom. The van der Waals surface area contributed by atoms with E-state index < -0.39 is 11.9 Å². The number of hydrogen-bond donors (Lipinski definition) is 1. The van der Waals surface area contributed by atoms with Crippen LogP contribution < -0.4 is 0 Å². The quantitative estimate of drug-likeness (QED) is 0.906. The van der Waals surface area contributed by atoms with Crippen molar-refractivity contribution >= 4 is 5.97 Å². The molecule has 19 heavy (non-hydrogen) atoms. The standard InChI is InChI=1S/C16H23NO2/c1-11(2)15(16(18)19)13-6-4-5-12(9-13)14-7-8-17(3)10-14/h4-6,9,11,14-15H,7-8,10H2,1-3H3,(H,18,19). The molecule has 2 rings (SSSR count). The maximum atomic E-state index is 11.4. The van der Waals surface area contributed by atoms with Crippen LogP contribution in [0.5, 0.6) is 0 Å². The predicted molar refractivity (Wildman–Crippen MR) is 76.5 cm³/mol. The zero-order valence-electron chi connectivity index (χ0n) is 12.0. The van der Waals surface area contributed by atoms with Crippen LogP contribution in [0.2, 0.25) is 0 Å². The molecule has 1 N–H and O–H groups in total. The molecule has 0 spiro atoms. The Hall–Kier alpha value is -1.35. The average molecular weight is 261 g/mol. The monoisotopic (exact) mass is 261 g/mol. The van der Waals surface area contributed by atoms with Gasteiger partial charge in [-0.15, -0.1) is 0 Å². The molecular formula is C16H23NO2. The van der Waals surface area contributed by atoms with Crippen molar-refractivity contribution in [3.05, 3.63) is 35.4 Å². The van der Waals surface area contributed by atoms with Gasteiger partial charge in [0.2, 0.25) is 0 Å². The van der Waals surface area contributed by atoms with Crippen molar-refractivity contribution in [1.29, 1.82) is 0 Å². The van der Waals surface area contributed by atoms with Crippen LogP contribution in [0.3, 0.4) is 0 Å². The summed E-state index contributed by atoms with van der Waals surface area (Å²) in [4.78, 5) is 13.7. The summed E-state index contributed by atoms with van der Waals surface area (Å²) in [5.41, 5.74) is 2.23. The molecule has 0 radical (unpaired) electrons. The van der Waals surface area contributed by atoms with E-state index in [1.165, 1.54) is 12.0 Å². The minimum absolute atomic E-state index is 0.110.